The number of ether oxygens (including phenoxy) is 1. The number of alkyl halides is 3. The Kier molecular flexibility index (Phi) is 5.99. The van der Waals surface area contributed by atoms with Crippen molar-refractivity contribution in [1.29, 1.82) is 0 Å². The Morgan fingerprint density at radius 2 is 1.93 bits per heavy atom. The lowest BCUT2D eigenvalue weighted by Gasteiger charge is -2.14. The number of carbonyl (C=O) groups excluding carboxylic acids is 1. The molecule has 152 valence electrons. The molecule has 0 aliphatic rings. The molecule has 0 saturated heterocycles. The molecule has 11 heteroatoms. The molecule has 0 bridgehead atoms. The van der Waals surface area contributed by atoms with E-state index < -0.39 is 30.1 Å². The van der Waals surface area contributed by atoms with Gasteiger partial charge < -0.3 is 10.1 Å². The van der Waals surface area contributed by atoms with Gasteiger partial charge in [0.2, 0.25) is 5.91 Å². The first kappa shape index (κ1) is 20.9. The molecule has 0 saturated carbocycles. The minimum atomic E-state index is -4.85. The van der Waals surface area contributed by atoms with Crippen LogP contribution in [0.1, 0.15) is 5.56 Å². The molecule has 3 aromatic rings. The number of aromatic nitrogens is 2. The van der Waals surface area contributed by atoms with Crippen LogP contribution in [0.4, 0.5) is 13.2 Å². The second-order valence-electron chi connectivity index (χ2n) is 5.89. The van der Waals surface area contributed by atoms with E-state index in [1.807, 2.05) is 0 Å². The standard InChI is InChI=1S/C18H12Cl2F3N3O3/c19-11-5-12-16(13(20)6-11)25-9-26(17(12)28)8-15(27)24-7-10-3-1-2-4-14(10)29-18(21,22)23/h1-6,9H,7-8H2,(H,24,27). The van der Waals surface area contributed by atoms with Crippen LogP contribution in [-0.2, 0) is 17.9 Å². The minimum absolute atomic E-state index is 0.126. The molecule has 6 nitrogen and oxygen atoms in total. The van der Waals surface area contributed by atoms with Crippen LogP contribution in [0.5, 0.6) is 5.75 Å². The monoisotopic (exact) mass is 445 g/mol. The number of nitrogens with one attached hydrogen (secondary N) is 1. The largest absolute Gasteiger partial charge is 0.573 e. The zero-order chi connectivity index (χ0) is 21.2. The Morgan fingerprint density at radius 1 is 1.21 bits per heavy atom. The normalized spacial score (nSPS) is 11.5. The van der Waals surface area contributed by atoms with Crippen molar-refractivity contribution in [3.63, 3.8) is 0 Å². The van der Waals surface area contributed by atoms with Gasteiger partial charge in [0, 0.05) is 17.1 Å². The van der Waals surface area contributed by atoms with E-state index in [0.717, 1.165) is 17.0 Å². The summed E-state index contributed by atoms with van der Waals surface area (Å²) in [6.45, 7) is -0.618. The predicted octanol–water partition coefficient (Wildman–Crippen LogP) is 3.92. The maximum Gasteiger partial charge on any atom is 0.573 e. The van der Waals surface area contributed by atoms with Crippen LogP contribution in [-0.4, -0.2) is 21.8 Å². The molecule has 2 aromatic carbocycles. The van der Waals surface area contributed by atoms with Crippen LogP contribution in [0.25, 0.3) is 10.9 Å². The van der Waals surface area contributed by atoms with Crippen LogP contribution in [0.3, 0.4) is 0 Å². The molecular formula is C18H12Cl2F3N3O3. The van der Waals surface area contributed by atoms with Gasteiger partial charge in [0.05, 0.1) is 22.3 Å². The van der Waals surface area contributed by atoms with Crippen LogP contribution in [0.15, 0.2) is 47.5 Å². The van der Waals surface area contributed by atoms with E-state index in [1.54, 1.807) is 0 Å². The molecule has 3 rings (SSSR count). The van der Waals surface area contributed by atoms with Gasteiger partial charge in [-0.15, -0.1) is 13.2 Å². The van der Waals surface area contributed by atoms with Crippen LogP contribution >= 0.6 is 23.2 Å². The van der Waals surface area contributed by atoms with E-state index in [4.69, 9.17) is 23.2 Å². The predicted molar refractivity (Wildman–Crippen MR) is 101 cm³/mol. The number of hydrogen-bond donors (Lipinski definition) is 1. The zero-order valence-corrected chi connectivity index (χ0v) is 16.0. The third-order valence-corrected chi connectivity index (χ3v) is 4.34. The van der Waals surface area contributed by atoms with Crippen LogP contribution in [0, 0.1) is 0 Å². The lowest BCUT2D eigenvalue weighted by molar-refractivity contribution is -0.274. The molecule has 1 amide bonds. The highest BCUT2D eigenvalue weighted by atomic mass is 35.5. The average molecular weight is 446 g/mol. The van der Waals surface area contributed by atoms with Crippen molar-refractivity contribution in [2.24, 2.45) is 0 Å². The molecule has 1 N–H and O–H groups in total. The molecule has 0 radical (unpaired) electrons. The average Bonchev–Trinajstić information content (AvgIpc) is 2.62. The number of fused-ring (bicyclic) bond motifs is 1. The van der Waals surface area contributed by atoms with Gasteiger partial charge >= 0.3 is 6.36 Å². The van der Waals surface area contributed by atoms with Crippen LogP contribution < -0.4 is 15.6 Å². The van der Waals surface area contributed by atoms with Gasteiger partial charge in [-0.1, -0.05) is 41.4 Å². The molecule has 1 heterocycles. The van der Waals surface area contributed by atoms with Gasteiger partial charge in [-0.3, -0.25) is 14.2 Å². The summed E-state index contributed by atoms with van der Waals surface area (Å²) in [5.74, 6) is -1.03. The topological polar surface area (TPSA) is 73.2 Å². The molecule has 0 fully saturated rings. The van der Waals surface area contributed by atoms with E-state index in [-0.39, 0.29) is 33.1 Å². The summed E-state index contributed by atoms with van der Waals surface area (Å²) in [4.78, 5) is 28.8. The molecule has 0 unspecified atom stereocenters. The summed E-state index contributed by atoms with van der Waals surface area (Å²) in [5.41, 5.74) is -0.160. The second kappa shape index (κ2) is 8.30. The number of amides is 1. The van der Waals surface area contributed by atoms with Crippen molar-refractivity contribution in [1.82, 2.24) is 14.9 Å². The number of nitrogens with zero attached hydrogens (tertiary/aromatic N) is 2. The van der Waals surface area contributed by atoms with Gasteiger partial charge in [0.25, 0.3) is 5.56 Å². The first-order valence-corrected chi connectivity index (χ1v) is 8.84. The summed E-state index contributed by atoms with van der Waals surface area (Å²) >= 11 is 11.9. The summed E-state index contributed by atoms with van der Waals surface area (Å²) in [5, 5.41) is 3.02. The molecular weight excluding hydrogens is 434 g/mol. The van der Waals surface area contributed by atoms with Crippen molar-refractivity contribution in [2.45, 2.75) is 19.5 Å². The molecule has 0 aliphatic heterocycles. The van der Waals surface area contributed by atoms with E-state index >= 15 is 0 Å². The molecule has 1 aromatic heterocycles. The van der Waals surface area contributed by atoms with Crippen molar-refractivity contribution < 1.29 is 22.7 Å². The third kappa shape index (κ3) is 5.18. The van der Waals surface area contributed by atoms with Gasteiger partial charge in [-0.05, 0) is 18.2 Å². The van der Waals surface area contributed by atoms with Crippen molar-refractivity contribution in [3.05, 3.63) is 68.7 Å². The highest BCUT2D eigenvalue weighted by molar-refractivity contribution is 6.38. The van der Waals surface area contributed by atoms with Gasteiger partial charge in [0.1, 0.15) is 12.3 Å². The third-order valence-electron chi connectivity index (χ3n) is 3.83. The number of hydrogen-bond acceptors (Lipinski definition) is 4. The number of benzene rings is 2. The maximum absolute atomic E-state index is 12.5. The van der Waals surface area contributed by atoms with Crippen molar-refractivity contribution in [2.75, 3.05) is 0 Å². The highest BCUT2D eigenvalue weighted by Gasteiger charge is 2.32. The lowest BCUT2D eigenvalue weighted by atomic mass is 10.2. The van der Waals surface area contributed by atoms with E-state index in [1.165, 1.54) is 30.3 Å². The fraction of sp³-hybridized carbons (Fsp3) is 0.167. The Morgan fingerprint density at radius 3 is 2.66 bits per heavy atom. The SMILES string of the molecule is O=C(Cn1cnc2c(Cl)cc(Cl)cc2c1=O)NCc1ccccc1OC(F)(F)F. The molecule has 0 atom stereocenters. The van der Waals surface area contributed by atoms with Crippen LogP contribution in [0.2, 0.25) is 10.0 Å². The smallest absolute Gasteiger partial charge is 0.405 e. The van der Waals surface area contributed by atoms with E-state index in [2.05, 4.69) is 15.0 Å². The summed E-state index contributed by atoms with van der Waals surface area (Å²) in [6.07, 6.45) is -3.70. The summed E-state index contributed by atoms with van der Waals surface area (Å²) in [7, 11) is 0. The Bertz CT molecular complexity index is 1130. The highest BCUT2D eigenvalue weighted by Crippen LogP contribution is 2.26. The first-order valence-electron chi connectivity index (χ1n) is 8.08. The number of halogens is 5. The Labute approximate surface area is 171 Å². The Balaban J connectivity index is 1.74. The first-order chi connectivity index (χ1) is 13.6. The van der Waals surface area contributed by atoms with Crippen molar-refractivity contribution in [3.8, 4) is 5.75 Å². The van der Waals surface area contributed by atoms with Gasteiger partial charge in [-0.25, -0.2) is 4.98 Å². The van der Waals surface area contributed by atoms with E-state index in [9.17, 15) is 22.8 Å². The lowest BCUT2D eigenvalue weighted by Crippen LogP contribution is -2.32. The fourth-order valence-corrected chi connectivity index (χ4v) is 3.13. The quantitative estimate of drug-likeness (QED) is 0.645. The summed E-state index contributed by atoms with van der Waals surface area (Å²) < 4.78 is 42.4. The molecule has 0 aliphatic carbocycles. The number of carbonyl (C=O) groups is 1. The van der Waals surface area contributed by atoms with Crippen molar-refractivity contribution >= 4 is 40.0 Å². The van der Waals surface area contributed by atoms with Gasteiger partial charge in [0.15, 0.2) is 0 Å². The zero-order valence-electron chi connectivity index (χ0n) is 14.5. The fourth-order valence-electron chi connectivity index (χ4n) is 2.59. The minimum Gasteiger partial charge on any atom is -0.405 e. The Hall–Kier alpha value is -2.78. The second-order valence-corrected chi connectivity index (χ2v) is 6.74. The number of rotatable bonds is 5. The van der Waals surface area contributed by atoms with Gasteiger partial charge in [-0.2, -0.15) is 0 Å². The summed E-state index contributed by atoms with van der Waals surface area (Å²) in [6, 6.07) is 8.24. The maximum atomic E-state index is 12.5. The molecule has 29 heavy (non-hydrogen) atoms. The molecule has 0 spiro atoms. The number of para-hydroxylation sites is 1. The van der Waals surface area contributed by atoms with E-state index in [0.29, 0.717) is 0 Å².